The Hall–Kier alpha value is -4.12. The summed E-state index contributed by atoms with van der Waals surface area (Å²) in [5.74, 6) is 0.445. The molecule has 194 valence electrons. The molecule has 11 heteroatoms. The summed E-state index contributed by atoms with van der Waals surface area (Å²) in [6.45, 7) is -0.0793. The Bertz CT molecular complexity index is 1310. The fraction of sp³-hybridized carbons (Fsp3) is 0.269. The first kappa shape index (κ1) is 26.0. The molecular weight excluding hydrogens is 489 g/mol. The topological polar surface area (TPSA) is 116 Å². The van der Waals surface area contributed by atoms with Crippen LogP contribution in [0.2, 0.25) is 0 Å². The lowest BCUT2D eigenvalue weighted by atomic mass is 9.83. The third-order valence-electron chi connectivity index (χ3n) is 5.98. The van der Waals surface area contributed by atoms with Gasteiger partial charge >= 0.3 is 12.3 Å². The van der Waals surface area contributed by atoms with Crippen LogP contribution in [0.15, 0.2) is 54.7 Å². The van der Waals surface area contributed by atoms with E-state index >= 15 is 0 Å². The molecule has 3 aromatic rings. The van der Waals surface area contributed by atoms with E-state index in [-0.39, 0.29) is 29.5 Å². The van der Waals surface area contributed by atoms with Gasteiger partial charge in [-0.2, -0.15) is 13.2 Å². The molecule has 0 saturated heterocycles. The second-order valence-electron chi connectivity index (χ2n) is 8.58. The molecule has 1 aromatic heterocycles. The van der Waals surface area contributed by atoms with Crippen molar-refractivity contribution in [2.75, 3.05) is 17.7 Å². The summed E-state index contributed by atoms with van der Waals surface area (Å²) in [5, 5.41) is 5.09. The second kappa shape index (κ2) is 10.9. The maximum Gasteiger partial charge on any atom is 0.416 e. The molecule has 1 aliphatic carbocycles. The van der Waals surface area contributed by atoms with E-state index in [1.54, 1.807) is 6.07 Å². The summed E-state index contributed by atoms with van der Waals surface area (Å²) in [4.78, 5) is 28.4. The summed E-state index contributed by atoms with van der Waals surface area (Å²) in [7, 11) is 1.24. The number of rotatable bonds is 6. The van der Waals surface area contributed by atoms with Crippen molar-refractivity contribution in [1.82, 2.24) is 4.98 Å². The Labute approximate surface area is 211 Å². The van der Waals surface area contributed by atoms with Crippen molar-refractivity contribution in [3.8, 4) is 11.5 Å². The number of anilines is 2. The van der Waals surface area contributed by atoms with Gasteiger partial charge in [-0.3, -0.25) is 10.1 Å². The molecule has 1 aliphatic rings. The van der Waals surface area contributed by atoms with Gasteiger partial charge in [-0.25, -0.2) is 9.78 Å². The average molecular weight is 515 g/mol. The molecule has 8 nitrogen and oxygen atoms in total. The monoisotopic (exact) mass is 514 g/mol. The standard InChI is InChI=1S/C26H25F3N4O4/c1-36-25(35)33-23-13-22(6-7-31-23)37-21-5-4-16-2-3-17(10-18(16)11-21)24(34)32-20-9-15(14-30)8-19(12-20)26(27,28)29/h4-9,11-13,17H,2-3,10,14,30H2,1H3,(H,32,34)(H,31,33,35). The van der Waals surface area contributed by atoms with E-state index in [0.29, 0.717) is 30.8 Å². The predicted octanol–water partition coefficient (Wildman–Crippen LogP) is 5.27. The summed E-state index contributed by atoms with van der Waals surface area (Å²) in [5.41, 5.74) is 7.02. The zero-order valence-corrected chi connectivity index (χ0v) is 19.9. The predicted molar refractivity (Wildman–Crippen MR) is 130 cm³/mol. The summed E-state index contributed by atoms with van der Waals surface area (Å²) < 4.78 is 50.2. The number of benzene rings is 2. The highest BCUT2D eigenvalue weighted by atomic mass is 19.4. The van der Waals surface area contributed by atoms with Crippen LogP contribution in [0.5, 0.6) is 11.5 Å². The zero-order valence-electron chi connectivity index (χ0n) is 19.9. The fourth-order valence-electron chi connectivity index (χ4n) is 4.15. The minimum atomic E-state index is -4.55. The van der Waals surface area contributed by atoms with Crippen LogP contribution in [0.25, 0.3) is 0 Å². The molecule has 1 unspecified atom stereocenters. The third-order valence-corrected chi connectivity index (χ3v) is 5.98. The zero-order chi connectivity index (χ0) is 26.6. The van der Waals surface area contributed by atoms with Crippen LogP contribution in [0.3, 0.4) is 0 Å². The number of carbonyl (C=O) groups excluding carboxylic acids is 2. The Morgan fingerprint density at radius 2 is 1.84 bits per heavy atom. The number of nitrogens with zero attached hydrogens (tertiary/aromatic N) is 1. The van der Waals surface area contributed by atoms with Crippen molar-refractivity contribution in [2.24, 2.45) is 11.7 Å². The summed E-state index contributed by atoms with van der Waals surface area (Å²) in [6, 6.07) is 12.1. The van der Waals surface area contributed by atoms with Gasteiger partial charge in [0.25, 0.3) is 0 Å². The number of hydrogen-bond donors (Lipinski definition) is 3. The van der Waals surface area contributed by atoms with Crippen molar-refractivity contribution in [3.63, 3.8) is 0 Å². The molecular formula is C26H25F3N4O4. The van der Waals surface area contributed by atoms with Crippen LogP contribution in [0, 0.1) is 5.92 Å². The number of aryl methyl sites for hydroxylation is 1. The van der Waals surface area contributed by atoms with E-state index in [1.165, 1.54) is 25.4 Å². The fourth-order valence-corrected chi connectivity index (χ4v) is 4.15. The number of alkyl halides is 3. The van der Waals surface area contributed by atoms with Gasteiger partial charge in [0, 0.05) is 30.4 Å². The number of pyridine rings is 1. The Kier molecular flexibility index (Phi) is 7.63. The van der Waals surface area contributed by atoms with Gasteiger partial charge in [0.1, 0.15) is 17.3 Å². The smallest absolute Gasteiger partial charge is 0.416 e. The molecule has 4 rings (SSSR count). The summed E-state index contributed by atoms with van der Waals surface area (Å²) in [6.07, 6.45) is -2.11. The van der Waals surface area contributed by atoms with E-state index in [9.17, 15) is 22.8 Å². The van der Waals surface area contributed by atoms with Crippen molar-refractivity contribution in [1.29, 1.82) is 0 Å². The number of methoxy groups -OCH3 is 1. The third kappa shape index (κ3) is 6.56. The van der Waals surface area contributed by atoms with Gasteiger partial charge in [-0.1, -0.05) is 6.07 Å². The van der Waals surface area contributed by atoms with Gasteiger partial charge in [-0.15, -0.1) is 0 Å². The van der Waals surface area contributed by atoms with E-state index in [2.05, 4.69) is 20.4 Å². The number of aromatic nitrogens is 1. The maximum absolute atomic E-state index is 13.2. The van der Waals surface area contributed by atoms with Gasteiger partial charge in [-0.05, 0) is 72.4 Å². The molecule has 1 heterocycles. The highest BCUT2D eigenvalue weighted by Crippen LogP contribution is 2.34. The molecule has 0 aliphatic heterocycles. The van der Waals surface area contributed by atoms with Gasteiger partial charge in [0.15, 0.2) is 0 Å². The highest BCUT2D eigenvalue weighted by molar-refractivity contribution is 5.93. The van der Waals surface area contributed by atoms with Gasteiger partial charge in [0.2, 0.25) is 5.91 Å². The SMILES string of the molecule is COC(=O)Nc1cc(Oc2ccc3c(c2)CC(C(=O)Nc2cc(CN)cc(C(F)(F)F)c2)CC3)ccn1. The van der Waals surface area contributed by atoms with Crippen molar-refractivity contribution in [2.45, 2.75) is 32.0 Å². The number of hydrogen-bond acceptors (Lipinski definition) is 6. The van der Waals surface area contributed by atoms with Crippen LogP contribution >= 0.6 is 0 Å². The van der Waals surface area contributed by atoms with Crippen molar-refractivity contribution in [3.05, 3.63) is 77.0 Å². The van der Waals surface area contributed by atoms with E-state index in [4.69, 9.17) is 10.5 Å². The number of fused-ring (bicyclic) bond motifs is 1. The van der Waals surface area contributed by atoms with E-state index in [1.807, 2.05) is 18.2 Å². The van der Waals surface area contributed by atoms with Crippen molar-refractivity contribution >= 4 is 23.5 Å². The minimum Gasteiger partial charge on any atom is -0.457 e. The van der Waals surface area contributed by atoms with Gasteiger partial charge < -0.3 is 20.5 Å². The molecule has 0 saturated carbocycles. The number of nitrogens with one attached hydrogen (secondary N) is 2. The quantitative estimate of drug-likeness (QED) is 0.413. The minimum absolute atomic E-state index is 0.0669. The first-order valence-electron chi connectivity index (χ1n) is 11.5. The lowest BCUT2D eigenvalue weighted by Crippen LogP contribution is -2.28. The molecule has 4 N–H and O–H groups in total. The van der Waals surface area contributed by atoms with Crippen molar-refractivity contribution < 1.29 is 32.2 Å². The lowest BCUT2D eigenvalue weighted by molar-refractivity contribution is -0.137. The molecule has 0 spiro atoms. The number of amides is 2. The average Bonchev–Trinajstić information content (AvgIpc) is 2.87. The first-order valence-corrected chi connectivity index (χ1v) is 11.5. The second-order valence-corrected chi connectivity index (χ2v) is 8.58. The molecule has 37 heavy (non-hydrogen) atoms. The first-order chi connectivity index (χ1) is 17.6. The van der Waals surface area contributed by atoms with Crippen LogP contribution in [-0.2, 0) is 35.1 Å². The van der Waals surface area contributed by atoms with Gasteiger partial charge in [0.05, 0.1) is 12.7 Å². The molecule has 0 bridgehead atoms. The Morgan fingerprint density at radius 3 is 2.57 bits per heavy atom. The number of halogens is 3. The largest absolute Gasteiger partial charge is 0.457 e. The Balaban J connectivity index is 1.46. The van der Waals surface area contributed by atoms with E-state index < -0.39 is 23.8 Å². The highest BCUT2D eigenvalue weighted by Gasteiger charge is 2.32. The Morgan fingerprint density at radius 1 is 1.05 bits per heavy atom. The van der Waals surface area contributed by atoms with Crippen LogP contribution in [-0.4, -0.2) is 24.1 Å². The van der Waals surface area contributed by atoms with Crippen LogP contribution in [0.4, 0.5) is 29.5 Å². The number of carbonyl (C=O) groups is 2. The number of ether oxygens (including phenoxy) is 2. The molecule has 2 aromatic carbocycles. The molecule has 0 radical (unpaired) electrons. The lowest BCUT2D eigenvalue weighted by Gasteiger charge is -2.25. The number of nitrogens with two attached hydrogens (primary N) is 1. The molecule has 0 fully saturated rings. The molecule has 1 atom stereocenters. The normalized spacial score (nSPS) is 14.9. The van der Waals surface area contributed by atoms with Crippen LogP contribution in [0.1, 0.15) is 28.7 Å². The maximum atomic E-state index is 13.2. The van der Waals surface area contributed by atoms with Crippen LogP contribution < -0.4 is 21.1 Å². The molecule has 2 amide bonds. The summed E-state index contributed by atoms with van der Waals surface area (Å²) >= 11 is 0. The van der Waals surface area contributed by atoms with E-state index in [0.717, 1.165) is 23.3 Å².